The number of aromatic nitrogens is 2. The Morgan fingerprint density at radius 3 is 2.50 bits per heavy atom. The summed E-state index contributed by atoms with van der Waals surface area (Å²) >= 11 is 0. The number of ether oxygens (including phenoxy) is 2. The highest BCUT2D eigenvalue weighted by Gasteiger charge is 2.32. The van der Waals surface area contributed by atoms with Crippen molar-refractivity contribution in [2.24, 2.45) is 0 Å². The third-order valence-electron chi connectivity index (χ3n) is 6.29. The van der Waals surface area contributed by atoms with Crippen molar-refractivity contribution in [3.05, 3.63) is 40.7 Å². The molecule has 2 aliphatic rings. The molecular weight excluding hydrogens is 380 g/mol. The summed E-state index contributed by atoms with van der Waals surface area (Å²) in [6, 6.07) is 5.79. The third-order valence-corrected chi connectivity index (χ3v) is 6.29. The molecule has 0 bridgehead atoms. The number of ketones is 1. The molecule has 1 saturated heterocycles. The van der Waals surface area contributed by atoms with E-state index in [0.29, 0.717) is 18.4 Å². The van der Waals surface area contributed by atoms with Gasteiger partial charge in [-0.05, 0) is 31.5 Å². The van der Waals surface area contributed by atoms with Gasteiger partial charge in [0.25, 0.3) is 0 Å². The van der Waals surface area contributed by atoms with Crippen LogP contribution < -0.4 is 14.4 Å². The van der Waals surface area contributed by atoms with E-state index in [1.165, 1.54) is 0 Å². The molecule has 4 rings (SSSR count). The van der Waals surface area contributed by atoms with Crippen LogP contribution in [0.25, 0.3) is 0 Å². The molecule has 30 heavy (non-hydrogen) atoms. The maximum absolute atomic E-state index is 13.0. The van der Waals surface area contributed by atoms with Crippen LogP contribution in [0.4, 0.5) is 5.95 Å². The quantitative estimate of drug-likeness (QED) is 0.751. The number of Topliss-reactive ketones (excluding diaryl/α,β-unsaturated/α-hetero) is 1. The molecule has 7 nitrogen and oxygen atoms in total. The summed E-state index contributed by atoms with van der Waals surface area (Å²) in [5, 5.41) is 0. The van der Waals surface area contributed by atoms with Gasteiger partial charge in [-0.15, -0.1) is 0 Å². The number of carbonyl (C=O) groups is 1. The number of fused-ring (bicyclic) bond motifs is 1. The van der Waals surface area contributed by atoms with Gasteiger partial charge in [0.2, 0.25) is 5.95 Å². The largest absolute Gasteiger partial charge is 0.497 e. The number of nitrogens with zero attached hydrogens (tertiary/aromatic N) is 4. The van der Waals surface area contributed by atoms with Gasteiger partial charge >= 0.3 is 0 Å². The van der Waals surface area contributed by atoms with E-state index in [2.05, 4.69) is 16.7 Å². The monoisotopic (exact) mass is 410 g/mol. The van der Waals surface area contributed by atoms with Crippen LogP contribution in [0.2, 0.25) is 0 Å². The second-order valence-electron chi connectivity index (χ2n) is 7.99. The number of benzene rings is 1. The zero-order valence-electron chi connectivity index (χ0n) is 18.3. The first-order valence-electron chi connectivity index (χ1n) is 10.6. The van der Waals surface area contributed by atoms with Gasteiger partial charge in [-0.25, -0.2) is 9.97 Å². The van der Waals surface area contributed by atoms with E-state index >= 15 is 0 Å². The maximum atomic E-state index is 13.0. The van der Waals surface area contributed by atoms with E-state index in [9.17, 15) is 4.79 Å². The van der Waals surface area contributed by atoms with Gasteiger partial charge in [-0.1, -0.05) is 13.0 Å². The molecule has 1 aliphatic carbocycles. The Bertz CT molecular complexity index is 938. The average Bonchev–Trinajstić information content (AvgIpc) is 2.78. The molecule has 2 aromatic rings. The number of hydrogen-bond acceptors (Lipinski definition) is 7. The van der Waals surface area contributed by atoms with Gasteiger partial charge in [-0.2, -0.15) is 0 Å². The van der Waals surface area contributed by atoms with Crippen molar-refractivity contribution in [3.8, 4) is 11.5 Å². The second kappa shape index (κ2) is 8.60. The van der Waals surface area contributed by atoms with Crippen LogP contribution in [0.1, 0.15) is 46.6 Å². The van der Waals surface area contributed by atoms with Crippen LogP contribution in [0.5, 0.6) is 11.5 Å². The highest BCUT2D eigenvalue weighted by Crippen LogP contribution is 2.39. The van der Waals surface area contributed by atoms with Crippen molar-refractivity contribution in [1.82, 2.24) is 14.9 Å². The Morgan fingerprint density at radius 2 is 1.83 bits per heavy atom. The standard InChI is InChI=1S/C23H30N4O3/c1-5-26-8-10-27(11-9-26)23-24-15(2)22-19(25-23)12-16(13-20(22)28)18-7-6-17(29-3)14-21(18)30-4/h6-7,14,16H,5,8-13H2,1-4H3/t16-/m0/s1. The highest BCUT2D eigenvalue weighted by atomic mass is 16.5. The lowest BCUT2D eigenvalue weighted by Gasteiger charge is -2.35. The molecule has 1 fully saturated rings. The first-order valence-corrected chi connectivity index (χ1v) is 10.6. The predicted octanol–water partition coefficient (Wildman–Crippen LogP) is 2.86. The van der Waals surface area contributed by atoms with Gasteiger partial charge < -0.3 is 19.3 Å². The van der Waals surface area contributed by atoms with E-state index in [4.69, 9.17) is 19.4 Å². The number of hydrogen-bond donors (Lipinski definition) is 0. The molecule has 0 unspecified atom stereocenters. The fraction of sp³-hybridized carbons (Fsp3) is 0.522. The molecule has 1 aliphatic heterocycles. The Labute approximate surface area is 178 Å². The van der Waals surface area contributed by atoms with Crippen molar-refractivity contribution in [3.63, 3.8) is 0 Å². The Hall–Kier alpha value is -2.67. The number of methoxy groups -OCH3 is 2. The topological polar surface area (TPSA) is 67.8 Å². The molecule has 1 aromatic heterocycles. The van der Waals surface area contributed by atoms with E-state index < -0.39 is 0 Å². The van der Waals surface area contributed by atoms with E-state index in [0.717, 1.165) is 67.1 Å². The number of rotatable bonds is 5. The number of carbonyl (C=O) groups excluding carboxylic acids is 1. The maximum Gasteiger partial charge on any atom is 0.225 e. The summed E-state index contributed by atoms with van der Waals surface area (Å²) < 4.78 is 10.9. The predicted molar refractivity (Wildman–Crippen MR) is 116 cm³/mol. The second-order valence-corrected chi connectivity index (χ2v) is 7.99. The first kappa shape index (κ1) is 20.6. The lowest BCUT2D eigenvalue weighted by atomic mass is 9.81. The summed E-state index contributed by atoms with van der Waals surface area (Å²) in [4.78, 5) is 27.3. The fourth-order valence-corrected chi connectivity index (χ4v) is 4.54. The lowest BCUT2D eigenvalue weighted by Crippen LogP contribution is -2.47. The van der Waals surface area contributed by atoms with E-state index in [1.807, 2.05) is 25.1 Å². The van der Waals surface area contributed by atoms with Gasteiger partial charge in [0.05, 0.1) is 31.2 Å². The Balaban J connectivity index is 1.64. The van der Waals surface area contributed by atoms with E-state index in [-0.39, 0.29) is 11.7 Å². The zero-order valence-corrected chi connectivity index (χ0v) is 18.3. The molecule has 1 aromatic carbocycles. The summed E-state index contributed by atoms with van der Waals surface area (Å²) in [5.41, 5.74) is 3.37. The van der Waals surface area contributed by atoms with Crippen molar-refractivity contribution >= 4 is 11.7 Å². The van der Waals surface area contributed by atoms with Gasteiger partial charge in [0.1, 0.15) is 11.5 Å². The van der Waals surface area contributed by atoms with E-state index in [1.54, 1.807) is 14.2 Å². The molecule has 1 atom stereocenters. The molecule has 0 radical (unpaired) electrons. The number of likely N-dealkylation sites (N-methyl/N-ethyl adjacent to an activating group) is 1. The molecule has 0 saturated carbocycles. The van der Waals surface area contributed by atoms with Crippen molar-refractivity contribution < 1.29 is 14.3 Å². The van der Waals surface area contributed by atoms with Crippen LogP contribution in [-0.2, 0) is 6.42 Å². The van der Waals surface area contributed by atoms with Crippen molar-refractivity contribution in [1.29, 1.82) is 0 Å². The lowest BCUT2D eigenvalue weighted by molar-refractivity contribution is 0.0961. The highest BCUT2D eigenvalue weighted by molar-refractivity contribution is 5.99. The summed E-state index contributed by atoms with van der Waals surface area (Å²) in [5.74, 6) is 2.38. The van der Waals surface area contributed by atoms with Crippen molar-refractivity contribution in [2.45, 2.75) is 32.6 Å². The molecule has 0 N–H and O–H groups in total. The molecular formula is C23H30N4O3. The average molecular weight is 411 g/mol. The summed E-state index contributed by atoms with van der Waals surface area (Å²) in [6.07, 6.45) is 1.14. The Kier molecular flexibility index (Phi) is 5.90. The van der Waals surface area contributed by atoms with Crippen LogP contribution in [0.3, 0.4) is 0 Å². The third kappa shape index (κ3) is 3.86. The minimum Gasteiger partial charge on any atom is -0.497 e. The Morgan fingerprint density at radius 1 is 1.07 bits per heavy atom. The van der Waals surface area contributed by atoms with Gasteiger partial charge in [0, 0.05) is 44.6 Å². The molecule has 7 heteroatoms. The first-order chi connectivity index (χ1) is 14.5. The van der Waals surface area contributed by atoms with Crippen molar-refractivity contribution in [2.75, 3.05) is 51.8 Å². The summed E-state index contributed by atoms with van der Waals surface area (Å²) in [6.45, 7) is 9.04. The zero-order chi connectivity index (χ0) is 21.3. The number of anilines is 1. The van der Waals surface area contributed by atoms with Crippen LogP contribution in [-0.4, -0.2) is 67.6 Å². The minimum absolute atomic E-state index is 0.0324. The number of aryl methyl sites for hydroxylation is 1. The van der Waals surface area contributed by atoms with Crippen LogP contribution in [0, 0.1) is 6.92 Å². The molecule has 0 amide bonds. The minimum atomic E-state index is 0.0324. The summed E-state index contributed by atoms with van der Waals surface area (Å²) in [7, 11) is 3.29. The number of piperazine rings is 1. The SMILES string of the molecule is CCN1CCN(c2nc(C)c3c(n2)C[C@H](c2ccc(OC)cc2OC)CC3=O)CC1. The van der Waals surface area contributed by atoms with Crippen LogP contribution >= 0.6 is 0 Å². The molecule has 0 spiro atoms. The molecule has 2 heterocycles. The molecule has 160 valence electrons. The fourth-order valence-electron chi connectivity index (χ4n) is 4.54. The van der Waals surface area contributed by atoms with Gasteiger partial charge in [0.15, 0.2) is 5.78 Å². The normalized spacial score (nSPS) is 19.5. The smallest absolute Gasteiger partial charge is 0.225 e. The van der Waals surface area contributed by atoms with Crippen LogP contribution in [0.15, 0.2) is 18.2 Å². The van der Waals surface area contributed by atoms with Gasteiger partial charge in [-0.3, -0.25) is 4.79 Å².